The van der Waals surface area contributed by atoms with Crippen LogP contribution in [-0.2, 0) is 4.74 Å². The van der Waals surface area contributed by atoms with E-state index < -0.39 is 5.97 Å². The third-order valence-electron chi connectivity index (χ3n) is 2.36. The molecule has 0 saturated heterocycles. The maximum absolute atomic E-state index is 11.4. The zero-order valence-electron chi connectivity index (χ0n) is 10.6. The normalized spacial score (nSPS) is 10.4. The molecule has 0 saturated carbocycles. The van der Waals surface area contributed by atoms with E-state index in [1.54, 1.807) is 7.11 Å². The monoisotopic (exact) mass is 272 g/mol. The van der Waals surface area contributed by atoms with Gasteiger partial charge in [-0.2, -0.15) is 0 Å². The van der Waals surface area contributed by atoms with Crippen molar-refractivity contribution in [1.29, 1.82) is 0 Å². The van der Waals surface area contributed by atoms with Crippen molar-refractivity contribution < 1.29 is 19.4 Å². The molecule has 7 heteroatoms. The maximum atomic E-state index is 11.4. The molecule has 1 aromatic rings. The number of thiazole rings is 1. The molecule has 0 atom stereocenters. The number of Topliss-reactive ketones (excluding diaryl/α,β-unsaturated/α-hetero) is 1. The number of aromatic nitrogens is 1. The standard InChI is InChI=1S/C11H16N2O4S/c1-4-13(5-6-17-3)11-12-8(10(15)16)9(18-11)7(2)14/h4-6H2,1-3H3,(H,15,16). The van der Waals surface area contributed by atoms with Gasteiger partial charge in [-0.25, -0.2) is 9.78 Å². The van der Waals surface area contributed by atoms with Crippen molar-refractivity contribution in [2.24, 2.45) is 0 Å². The summed E-state index contributed by atoms with van der Waals surface area (Å²) < 4.78 is 4.98. The first-order chi connectivity index (χ1) is 8.51. The number of rotatable bonds is 7. The van der Waals surface area contributed by atoms with E-state index in [-0.39, 0.29) is 16.4 Å². The number of nitrogens with zero attached hydrogens (tertiary/aromatic N) is 2. The minimum absolute atomic E-state index is 0.168. The number of carbonyl (C=O) groups is 2. The predicted octanol–water partition coefficient (Wildman–Crippen LogP) is 1.52. The SMILES string of the molecule is CCN(CCOC)c1nc(C(=O)O)c(C(C)=O)s1. The fourth-order valence-electron chi connectivity index (χ4n) is 1.42. The van der Waals surface area contributed by atoms with E-state index in [2.05, 4.69) is 4.98 Å². The van der Waals surface area contributed by atoms with Crippen LogP contribution in [-0.4, -0.2) is 48.6 Å². The van der Waals surface area contributed by atoms with Crippen LogP contribution < -0.4 is 4.90 Å². The second kappa shape index (κ2) is 6.46. The predicted molar refractivity (Wildman–Crippen MR) is 68.8 cm³/mol. The van der Waals surface area contributed by atoms with E-state index in [4.69, 9.17) is 9.84 Å². The van der Waals surface area contributed by atoms with Gasteiger partial charge in [0.05, 0.1) is 6.61 Å². The molecular weight excluding hydrogens is 256 g/mol. The van der Waals surface area contributed by atoms with E-state index in [0.717, 1.165) is 11.3 Å². The van der Waals surface area contributed by atoms with Gasteiger partial charge in [0.2, 0.25) is 0 Å². The van der Waals surface area contributed by atoms with Crippen LogP contribution in [0.2, 0.25) is 0 Å². The lowest BCUT2D eigenvalue weighted by Crippen LogP contribution is -2.26. The first-order valence-corrected chi connectivity index (χ1v) is 6.31. The third-order valence-corrected chi connectivity index (χ3v) is 3.57. The summed E-state index contributed by atoms with van der Waals surface area (Å²) in [6, 6.07) is 0. The number of likely N-dealkylation sites (N-methyl/N-ethyl adjacent to an activating group) is 1. The highest BCUT2D eigenvalue weighted by Gasteiger charge is 2.22. The molecule has 0 bridgehead atoms. The highest BCUT2D eigenvalue weighted by molar-refractivity contribution is 7.17. The van der Waals surface area contributed by atoms with Crippen LogP contribution in [0.4, 0.5) is 5.13 Å². The van der Waals surface area contributed by atoms with Gasteiger partial charge in [-0.05, 0) is 6.92 Å². The molecule has 0 aromatic carbocycles. The summed E-state index contributed by atoms with van der Waals surface area (Å²) in [6.07, 6.45) is 0. The number of hydrogen-bond donors (Lipinski definition) is 1. The van der Waals surface area contributed by atoms with Gasteiger partial charge >= 0.3 is 5.97 Å². The average molecular weight is 272 g/mol. The zero-order chi connectivity index (χ0) is 13.7. The first kappa shape index (κ1) is 14.6. The van der Waals surface area contributed by atoms with Crippen LogP contribution in [0.15, 0.2) is 0 Å². The third kappa shape index (κ3) is 3.27. The fourth-order valence-corrected chi connectivity index (χ4v) is 2.46. The van der Waals surface area contributed by atoms with E-state index in [9.17, 15) is 9.59 Å². The molecule has 0 aliphatic heterocycles. The largest absolute Gasteiger partial charge is 0.476 e. The fraction of sp³-hybridized carbons (Fsp3) is 0.545. The van der Waals surface area contributed by atoms with Gasteiger partial charge in [0.15, 0.2) is 16.6 Å². The summed E-state index contributed by atoms with van der Waals surface area (Å²) in [7, 11) is 1.60. The summed E-state index contributed by atoms with van der Waals surface area (Å²) in [6.45, 7) is 5.08. The molecule has 0 unspecified atom stereocenters. The minimum Gasteiger partial charge on any atom is -0.476 e. The topological polar surface area (TPSA) is 79.7 Å². The number of ether oxygens (including phenoxy) is 1. The van der Waals surface area contributed by atoms with Crippen LogP contribution in [0.5, 0.6) is 0 Å². The Kier molecular flexibility index (Phi) is 5.24. The van der Waals surface area contributed by atoms with Crippen molar-refractivity contribution in [2.45, 2.75) is 13.8 Å². The van der Waals surface area contributed by atoms with Crippen LogP contribution >= 0.6 is 11.3 Å². The first-order valence-electron chi connectivity index (χ1n) is 5.50. The number of carboxylic acids is 1. The second-order valence-corrected chi connectivity index (χ2v) is 4.59. The highest BCUT2D eigenvalue weighted by atomic mass is 32.1. The lowest BCUT2D eigenvalue weighted by molar-refractivity contribution is 0.0687. The second-order valence-electron chi connectivity index (χ2n) is 3.61. The quantitative estimate of drug-likeness (QED) is 0.758. The van der Waals surface area contributed by atoms with Gasteiger partial charge in [0.25, 0.3) is 0 Å². The van der Waals surface area contributed by atoms with Crippen molar-refractivity contribution in [2.75, 3.05) is 31.7 Å². The molecule has 0 amide bonds. The Morgan fingerprint density at radius 1 is 1.50 bits per heavy atom. The van der Waals surface area contributed by atoms with Gasteiger partial charge in [0.1, 0.15) is 4.88 Å². The summed E-state index contributed by atoms with van der Waals surface area (Å²) in [5.74, 6) is -1.45. The molecule has 100 valence electrons. The lowest BCUT2D eigenvalue weighted by atomic mass is 10.3. The Morgan fingerprint density at radius 3 is 2.56 bits per heavy atom. The van der Waals surface area contributed by atoms with Crippen LogP contribution in [0, 0.1) is 0 Å². The van der Waals surface area contributed by atoms with Crippen molar-refractivity contribution in [3.05, 3.63) is 10.6 Å². The van der Waals surface area contributed by atoms with Crippen molar-refractivity contribution in [3.8, 4) is 0 Å². The molecule has 0 aliphatic rings. The number of methoxy groups -OCH3 is 1. The van der Waals surface area contributed by atoms with Crippen LogP contribution in [0.3, 0.4) is 0 Å². The number of hydrogen-bond acceptors (Lipinski definition) is 6. The van der Waals surface area contributed by atoms with E-state index in [1.807, 2.05) is 11.8 Å². The highest BCUT2D eigenvalue weighted by Crippen LogP contribution is 2.26. The molecular formula is C11H16N2O4S. The van der Waals surface area contributed by atoms with E-state index in [1.165, 1.54) is 6.92 Å². The van der Waals surface area contributed by atoms with Crippen molar-refractivity contribution in [3.63, 3.8) is 0 Å². The molecule has 1 rings (SSSR count). The van der Waals surface area contributed by atoms with Crippen LogP contribution in [0.25, 0.3) is 0 Å². The molecule has 6 nitrogen and oxygen atoms in total. The molecule has 1 N–H and O–H groups in total. The summed E-state index contributed by atoms with van der Waals surface area (Å²) in [5.41, 5.74) is -0.168. The van der Waals surface area contributed by atoms with Crippen molar-refractivity contribution in [1.82, 2.24) is 4.98 Å². The zero-order valence-corrected chi connectivity index (χ0v) is 11.4. The van der Waals surface area contributed by atoms with E-state index >= 15 is 0 Å². The molecule has 18 heavy (non-hydrogen) atoms. The molecule has 1 heterocycles. The molecule has 1 aromatic heterocycles. The molecule has 0 spiro atoms. The van der Waals surface area contributed by atoms with Gasteiger partial charge in [-0.15, -0.1) is 0 Å². The Bertz CT molecular complexity index is 413. The Labute approximate surface area is 109 Å². The summed E-state index contributed by atoms with van der Waals surface area (Å²) in [5, 5.41) is 9.55. The number of anilines is 1. The number of aromatic carboxylic acids is 1. The number of ketones is 1. The summed E-state index contributed by atoms with van der Waals surface area (Å²) >= 11 is 1.11. The summed E-state index contributed by atoms with van der Waals surface area (Å²) in [4.78, 5) is 28.5. The molecule has 0 aliphatic carbocycles. The average Bonchev–Trinajstić information content (AvgIpc) is 2.75. The lowest BCUT2D eigenvalue weighted by Gasteiger charge is -2.18. The smallest absolute Gasteiger partial charge is 0.356 e. The molecule has 0 fully saturated rings. The number of carboxylic acid groups (broad SMARTS) is 1. The molecule has 0 radical (unpaired) electrons. The van der Waals surface area contributed by atoms with Gasteiger partial charge < -0.3 is 14.7 Å². The Morgan fingerprint density at radius 2 is 2.17 bits per heavy atom. The van der Waals surface area contributed by atoms with Gasteiger partial charge in [-0.3, -0.25) is 4.79 Å². The van der Waals surface area contributed by atoms with E-state index in [0.29, 0.717) is 24.8 Å². The van der Waals surface area contributed by atoms with Gasteiger partial charge in [-0.1, -0.05) is 11.3 Å². The minimum atomic E-state index is -1.18. The van der Waals surface area contributed by atoms with Gasteiger partial charge in [0, 0.05) is 27.1 Å². The van der Waals surface area contributed by atoms with Crippen LogP contribution in [0.1, 0.15) is 34.0 Å². The Hall–Kier alpha value is -1.47. The maximum Gasteiger partial charge on any atom is 0.356 e. The number of carbonyl (C=O) groups excluding carboxylic acids is 1. The van der Waals surface area contributed by atoms with Crippen molar-refractivity contribution >= 4 is 28.2 Å². The Balaban J connectivity index is 3.05.